The number of benzene rings is 1. The Labute approximate surface area is 114 Å². The molecule has 0 amide bonds. The van der Waals surface area contributed by atoms with Crippen LogP contribution in [0.3, 0.4) is 0 Å². The van der Waals surface area contributed by atoms with Crippen LogP contribution in [0.15, 0.2) is 12.1 Å². The number of nitriles is 1. The molecular formula is C10H4ClF3INO. The molecule has 0 aliphatic heterocycles. The van der Waals surface area contributed by atoms with Gasteiger partial charge in [-0.3, -0.25) is 4.79 Å². The third-order valence-electron chi connectivity index (χ3n) is 1.92. The van der Waals surface area contributed by atoms with Crippen LogP contribution >= 0.6 is 34.2 Å². The van der Waals surface area contributed by atoms with Gasteiger partial charge in [0.1, 0.15) is 0 Å². The number of nitrogens with zero attached hydrogens (tertiary/aromatic N) is 1. The molecule has 0 saturated carbocycles. The fourth-order valence-corrected chi connectivity index (χ4v) is 2.33. The SMILES string of the molecule is N#Cc1cc(I)c(C(F)(F)F)c(C(=O)CCl)c1. The first kappa shape index (κ1) is 14.3. The van der Waals surface area contributed by atoms with Gasteiger partial charge in [0.05, 0.1) is 23.1 Å². The van der Waals surface area contributed by atoms with E-state index in [0.717, 1.165) is 12.1 Å². The Bertz CT molecular complexity index is 507. The van der Waals surface area contributed by atoms with E-state index in [0.29, 0.717) is 0 Å². The third-order valence-corrected chi connectivity index (χ3v) is 3.02. The Morgan fingerprint density at radius 3 is 2.47 bits per heavy atom. The minimum atomic E-state index is -4.65. The molecule has 17 heavy (non-hydrogen) atoms. The molecule has 0 aliphatic rings. The van der Waals surface area contributed by atoms with E-state index >= 15 is 0 Å². The van der Waals surface area contributed by atoms with Gasteiger partial charge in [-0.1, -0.05) is 0 Å². The second-order valence-corrected chi connectivity index (χ2v) is 4.48. The minimum Gasteiger partial charge on any atom is -0.293 e. The molecule has 1 aromatic carbocycles. The van der Waals surface area contributed by atoms with Crippen LogP contribution in [0, 0.1) is 14.9 Å². The lowest BCUT2D eigenvalue weighted by molar-refractivity contribution is -0.138. The second-order valence-electron chi connectivity index (χ2n) is 3.05. The van der Waals surface area contributed by atoms with Gasteiger partial charge in [-0.15, -0.1) is 11.6 Å². The number of alkyl halides is 4. The predicted molar refractivity (Wildman–Crippen MR) is 63.9 cm³/mol. The highest BCUT2D eigenvalue weighted by Gasteiger charge is 2.37. The van der Waals surface area contributed by atoms with E-state index in [-0.39, 0.29) is 9.13 Å². The fourth-order valence-electron chi connectivity index (χ4n) is 1.25. The maximum absolute atomic E-state index is 12.8. The van der Waals surface area contributed by atoms with Gasteiger partial charge in [0.25, 0.3) is 0 Å². The van der Waals surface area contributed by atoms with Crippen molar-refractivity contribution in [1.29, 1.82) is 5.26 Å². The Morgan fingerprint density at radius 2 is 2.06 bits per heavy atom. The Balaban J connectivity index is 3.58. The van der Waals surface area contributed by atoms with Crippen molar-refractivity contribution in [2.45, 2.75) is 6.18 Å². The van der Waals surface area contributed by atoms with Gasteiger partial charge in [-0.05, 0) is 34.7 Å². The van der Waals surface area contributed by atoms with Crippen LogP contribution in [0.2, 0.25) is 0 Å². The van der Waals surface area contributed by atoms with Gasteiger partial charge in [-0.2, -0.15) is 18.4 Å². The number of Topliss-reactive ketones (excluding diaryl/α,β-unsaturated/α-hetero) is 1. The van der Waals surface area contributed by atoms with Gasteiger partial charge >= 0.3 is 6.18 Å². The van der Waals surface area contributed by atoms with Crippen LogP contribution in [0.4, 0.5) is 13.2 Å². The molecule has 1 rings (SSSR count). The summed E-state index contributed by atoms with van der Waals surface area (Å²) in [5.74, 6) is -1.41. The number of hydrogen-bond acceptors (Lipinski definition) is 2. The highest BCUT2D eigenvalue weighted by Crippen LogP contribution is 2.36. The molecule has 0 aliphatic carbocycles. The van der Waals surface area contributed by atoms with Crippen LogP contribution in [-0.4, -0.2) is 11.7 Å². The molecule has 0 unspecified atom stereocenters. The topological polar surface area (TPSA) is 40.9 Å². The Morgan fingerprint density at radius 1 is 1.47 bits per heavy atom. The number of carbonyl (C=O) groups excluding carboxylic acids is 1. The van der Waals surface area contributed by atoms with Crippen molar-refractivity contribution < 1.29 is 18.0 Å². The van der Waals surface area contributed by atoms with Crippen molar-refractivity contribution in [3.63, 3.8) is 0 Å². The first-order chi connectivity index (χ1) is 7.81. The van der Waals surface area contributed by atoms with E-state index in [9.17, 15) is 18.0 Å². The molecule has 0 bridgehead atoms. The Hall–Kier alpha value is -0.810. The largest absolute Gasteiger partial charge is 0.418 e. The number of hydrogen-bond donors (Lipinski definition) is 0. The lowest BCUT2D eigenvalue weighted by Gasteiger charge is -2.13. The van der Waals surface area contributed by atoms with Gasteiger partial charge < -0.3 is 0 Å². The number of ketones is 1. The molecule has 90 valence electrons. The van der Waals surface area contributed by atoms with Crippen molar-refractivity contribution in [2.75, 3.05) is 5.88 Å². The fraction of sp³-hybridized carbons (Fsp3) is 0.200. The summed E-state index contributed by atoms with van der Waals surface area (Å²) >= 11 is 6.70. The molecule has 0 spiro atoms. The lowest BCUT2D eigenvalue weighted by Crippen LogP contribution is -2.16. The summed E-state index contributed by atoms with van der Waals surface area (Å²) in [6.45, 7) is 0. The smallest absolute Gasteiger partial charge is 0.293 e. The molecular weight excluding hydrogens is 369 g/mol. The summed E-state index contributed by atoms with van der Waals surface area (Å²) in [6.07, 6.45) is -4.65. The molecule has 0 aromatic heterocycles. The first-order valence-electron chi connectivity index (χ1n) is 4.21. The zero-order valence-electron chi connectivity index (χ0n) is 8.11. The maximum atomic E-state index is 12.8. The average Bonchev–Trinajstić information content (AvgIpc) is 2.24. The summed E-state index contributed by atoms with van der Waals surface area (Å²) in [7, 11) is 0. The van der Waals surface area contributed by atoms with E-state index in [2.05, 4.69) is 0 Å². The van der Waals surface area contributed by atoms with Gasteiger partial charge in [-0.25, -0.2) is 0 Å². The zero-order valence-corrected chi connectivity index (χ0v) is 11.0. The third kappa shape index (κ3) is 3.10. The zero-order chi connectivity index (χ0) is 13.2. The van der Waals surface area contributed by atoms with Crippen LogP contribution < -0.4 is 0 Å². The van der Waals surface area contributed by atoms with Crippen LogP contribution in [0.5, 0.6) is 0 Å². The van der Waals surface area contributed by atoms with Crippen molar-refractivity contribution in [1.82, 2.24) is 0 Å². The van der Waals surface area contributed by atoms with Gasteiger partial charge in [0.2, 0.25) is 0 Å². The molecule has 0 saturated heterocycles. The Kier molecular flexibility index (Phi) is 4.38. The maximum Gasteiger partial charge on any atom is 0.418 e. The van der Waals surface area contributed by atoms with E-state index in [4.69, 9.17) is 16.9 Å². The van der Waals surface area contributed by atoms with Crippen molar-refractivity contribution in [3.8, 4) is 6.07 Å². The second kappa shape index (κ2) is 5.23. The summed E-state index contributed by atoms with van der Waals surface area (Å²) in [6, 6.07) is 3.69. The monoisotopic (exact) mass is 373 g/mol. The summed E-state index contributed by atoms with van der Waals surface area (Å²) in [4.78, 5) is 11.4. The average molecular weight is 373 g/mol. The van der Waals surface area contributed by atoms with Crippen molar-refractivity contribution in [3.05, 3.63) is 32.4 Å². The first-order valence-corrected chi connectivity index (χ1v) is 5.82. The quantitative estimate of drug-likeness (QED) is 0.451. The predicted octanol–water partition coefficient (Wildman–Crippen LogP) is 3.60. The molecule has 2 nitrogen and oxygen atoms in total. The molecule has 0 heterocycles. The van der Waals surface area contributed by atoms with Crippen LogP contribution in [-0.2, 0) is 6.18 Å². The molecule has 7 heteroatoms. The molecule has 0 fully saturated rings. The minimum absolute atomic E-state index is 0.00383. The highest BCUT2D eigenvalue weighted by molar-refractivity contribution is 14.1. The van der Waals surface area contributed by atoms with Crippen molar-refractivity contribution in [2.24, 2.45) is 0 Å². The van der Waals surface area contributed by atoms with E-state index < -0.39 is 29.0 Å². The molecule has 0 radical (unpaired) electrons. The van der Waals surface area contributed by atoms with Gasteiger partial charge in [0, 0.05) is 9.13 Å². The molecule has 1 aromatic rings. The van der Waals surface area contributed by atoms with E-state index in [1.54, 1.807) is 6.07 Å². The van der Waals surface area contributed by atoms with Crippen LogP contribution in [0.25, 0.3) is 0 Å². The number of rotatable bonds is 2. The molecule has 0 atom stereocenters. The standard InChI is InChI=1S/C10H4ClF3INO/c11-3-8(17)6-1-5(4-16)2-7(15)9(6)10(12,13)14/h1-2H,3H2. The number of carbonyl (C=O) groups is 1. The molecule has 0 N–H and O–H groups in total. The number of halogens is 5. The summed E-state index contributed by atoms with van der Waals surface area (Å²) < 4.78 is 38.1. The lowest BCUT2D eigenvalue weighted by atomic mass is 10.0. The van der Waals surface area contributed by atoms with Crippen LogP contribution in [0.1, 0.15) is 21.5 Å². The summed E-state index contributed by atoms with van der Waals surface area (Å²) in [5, 5.41) is 8.66. The highest BCUT2D eigenvalue weighted by atomic mass is 127. The van der Waals surface area contributed by atoms with Crippen molar-refractivity contribution >= 4 is 40.0 Å². The van der Waals surface area contributed by atoms with Gasteiger partial charge in [0.15, 0.2) is 5.78 Å². The van der Waals surface area contributed by atoms with E-state index in [1.807, 2.05) is 0 Å². The normalized spacial score (nSPS) is 11.1. The van der Waals surface area contributed by atoms with E-state index in [1.165, 1.54) is 22.6 Å². The summed E-state index contributed by atoms with van der Waals surface area (Å²) in [5.41, 5.74) is -1.60.